The van der Waals surface area contributed by atoms with Gasteiger partial charge in [0.15, 0.2) is 0 Å². The maximum absolute atomic E-state index is 14.1. The zero-order chi connectivity index (χ0) is 18.6. The average Bonchev–Trinajstić information content (AvgIpc) is 2.31. The molecular formula is C12H13F7O4. The van der Waals surface area contributed by atoms with Crippen molar-refractivity contribution in [3.8, 4) is 0 Å². The topological polar surface area (TPSA) is 55.8 Å². The summed E-state index contributed by atoms with van der Waals surface area (Å²) in [5, 5.41) is 9.44. The van der Waals surface area contributed by atoms with Gasteiger partial charge in [0.2, 0.25) is 17.5 Å². The van der Waals surface area contributed by atoms with Gasteiger partial charge < -0.3 is 14.6 Å². The van der Waals surface area contributed by atoms with E-state index in [2.05, 4.69) is 16.1 Å². The Bertz CT molecular complexity index is 526. The summed E-state index contributed by atoms with van der Waals surface area (Å²) >= 11 is 0. The number of hydrogen-bond donors (Lipinski definition) is 1. The molecule has 1 aliphatic heterocycles. The van der Waals surface area contributed by atoms with Gasteiger partial charge in [-0.2, -0.15) is 30.7 Å². The normalized spacial score (nSPS) is 36.4. The van der Waals surface area contributed by atoms with Crippen molar-refractivity contribution in [2.24, 2.45) is 0 Å². The Morgan fingerprint density at radius 1 is 1.17 bits per heavy atom. The third kappa shape index (κ3) is 2.69. The molecule has 23 heavy (non-hydrogen) atoms. The summed E-state index contributed by atoms with van der Waals surface area (Å²) in [5.41, 5.74) is -5.12. The van der Waals surface area contributed by atoms with Crippen molar-refractivity contribution in [3.05, 3.63) is 12.2 Å². The van der Waals surface area contributed by atoms with Crippen molar-refractivity contribution in [3.63, 3.8) is 0 Å². The summed E-state index contributed by atoms with van der Waals surface area (Å²) in [6.45, 7) is 3.71. The number of esters is 1. The van der Waals surface area contributed by atoms with Crippen LogP contribution < -0.4 is 0 Å². The summed E-state index contributed by atoms with van der Waals surface area (Å²) in [4.78, 5) is 11.3. The highest BCUT2D eigenvalue weighted by Gasteiger charge is 2.84. The van der Waals surface area contributed by atoms with Crippen LogP contribution in [0.25, 0.3) is 0 Å². The van der Waals surface area contributed by atoms with E-state index in [1.807, 2.05) is 0 Å². The second kappa shape index (κ2) is 5.07. The average molecular weight is 354 g/mol. The van der Waals surface area contributed by atoms with Crippen molar-refractivity contribution < 1.29 is 50.1 Å². The van der Waals surface area contributed by atoms with E-state index in [1.54, 1.807) is 0 Å². The molecule has 134 valence electrons. The number of carbonyl (C=O) groups excluding carboxylic acids is 1. The fourth-order valence-electron chi connectivity index (χ4n) is 1.86. The first-order valence-corrected chi connectivity index (χ1v) is 6.03. The Morgan fingerprint density at radius 2 is 1.61 bits per heavy atom. The second-order valence-electron chi connectivity index (χ2n) is 5.43. The zero-order valence-corrected chi connectivity index (χ0v) is 12.1. The van der Waals surface area contributed by atoms with E-state index in [0.29, 0.717) is 0 Å². The summed E-state index contributed by atoms with van der Waals surface area (Å²) in [6, 6.07) is 0. The van der Waals surface area contributed by atoms with Gasteiger partial charge in [0.25, 0.3) is 0 Å². The largest absolute Gasteiger partial charge is 0.446 e. The zero-order valence-electron chi connectivity index (χ0n) is 12.1. The molecule has 3 unspecified atom stereocenters. The molecule has 0 saturated carbocycles. The van der Waals surface area contributed by atoms with E-state index in [9.17, 15) is 40.6 Å². The predicted octanol–water partition coefficient (Wildman–Crippen LogP) is 2.80. The van der Waals surface area contributed by atoms with Crippen LogP contribution in [0.2, 0.25) is 0 Å². The molecule has 0 spiro atoms. The minimum atomic E-state index is -5.86. The van der Waals surface area contributed by atoms with Crippen molar-refractivity contribution in [2.45, 2.75) is 56.3 Å². The lowest BCUT2D eigenvalue weighted by Gasteiger charge is -2.53. The maximum Gasteiger partial charge on any atom is 0.423 e. The molecule has 1 aliphatic rings. The Balaban J connectivity index is 3.54. The van der Waals surface area contributed by atoms with E-state index in [-0.39, 0.29) is 13.8 Å². The van der Waals surface area contributed by atoms with E-state index in [0.717, 1.165) is 6.92 Å². The molecular weight excluding hydrogens is 341 g/mol. The number of ether oxygens (including phenoxy) is 2. The molecule has 0 aromatic carbocycles. The molecule has 0 radical (unpaired) electrons. The molecule has 4 nitrogen and oxygen atoms in total. The number of rotatable bonds is 2. The molecule has 0 aromatic rings. The van der Waals surface area contributed by atoms with Crippen LogP contribution in [0, 0.1) is 0 Å². The number of aliphatic hydroxyl groups is 1. The highest BCUT2D eigenvalue weighted by molar-refractivity contribution is 5.87. The Hall–Kier alpha value is -1.36. The molecule has 0 aliphatic carbocycles. The highest BCUT2D eigenvalue weighted by atomic mass is 19.4. The van der Waals surface area contributed by atoms with Crippen LogP contribution in [0.5, 0.6) is 0 Å². The SMILES string of the molecule is C=C(C)C(=O)OC1C(F)(F)C(C)(O)OC(C)(C(F)(F)F)C1(F)F. The van der Waals surface area contributed by atoms with Gasteiger partial charge in [-0.1, -0.05) is 6.58 Å². The molecule has 1 N–H and O–H groups in total. The standard InChI is InChI=1S/C12H13F7O4/c1-5(2)6(20)22-7-10(13,14)8(3,12(17,18)19)23-9(4,21)11(7,15)16/h7,21H,1H2,2-4H3. The van der Waals surface area contributed by atoms with Crippen molar-refractivity contribution in [1.82, 2.24) is 0 Å². The lowest BCUT2D eigenvalue weighted by molar-refractivity contribution is -0.488. The van der Waals surface area contributed by atoms with Gasteiger partial charge in [-0.15, -0.1) is 0 Å². The van der Waals surface area contributed by atoms with Crippen molar-refractivity contribution in [2.75, 3.05) is 0 Å². The first kappa shape index (κ1) is 19.7. The monoisotopic (exact) mass is 354 g/mol. The molecule has 1 heterocycles. The molecule has 1 rings (SSSR count). The first-order valence-electron chi connectivity index (χ1n) is 6.03. The summed E-state index contributed by atoms with van der Waals surface area (Å²) < 4.78 is 103. The van der Waals surface area contributed by atoms with Crippen LogP contribution in [0.15, 0.2) is 12.2 Å². The molecule has 1 saturated heterocycles. The van der Waals surface area contributed by atoms with E-state index in [4.69, 9.17) is 0 Å². The van der Waals surface area contributed by atoms with Gasteiger partial charge in [-0.25, -0.2) is 4.79 Å². The molecule has 3 atom stereocenters. The Kier molecular flexibility index (Phi) is 4.34. The van der Waals surface area contributed by atoms with Crippen LogP contribution in [0.1, 0.15) is 20.8 Å². The number of alkyl halides is 7. The van der Waals surface area contributed by atoms with Gasteiger partial charge in [0.05, 0.1) is 0 Å². The third-order valence-corrected chi connectivity index (χ3v) is 3.43. The molecule has 0 bridgehead atoms. The molecule has 0 aromatic heterocycles. The van der Waals surface area contributed by atoms with E-state index < -0.39 is 47.1 Å². The fraction of sp³-hybridized carbons (Fsp3) is 0.750. The minimum Gasteiger partial charge on any atom is -0.446 e. The van der Waals surface area contributed by atoms with E-state index >= 15 is 0 Å². The molecule has 1 fully saturated rings. The lowest BCUT2D eigenvalue weighted by atomic mass is 9.82. The predicted molar refractivity (Wildman–Crippen MR) is 60.8 cm³/mol. The van der Waals surface area contributed by atoms with Gasteiger partial charge in [-0.05, 0) is 20.8 Å². The van der Waals surface area contributed by atoms with E-state index in [1.165, 1.54) is 0 Å². The van der Waals surface area contributed by atoms with Crippen LogP contribution in [0.4, 0.5) is 30.7 Å². The molecule has 0 amide bonds. The summed E-state index contributed by atoms with van der Waals surface area (Å²) in [7, 11) is 0. The first-order chi connectivity index (χ1) is 9.92. The summed E-state index contributed by atoms with van der Waals surface area (Å²) in [5.74, 6) is -16.2. The third-order valence-electron chi connectivity index (χ3n) is 3.43. The van der Waals surface area contributed by atoms with Gasteiger partial charge >= 0.3 is 24.0 Å². The number of carbonyl (C=O) groups is 1. The molecule has 11 heteroatoms. The summed E-state index contributed by atoms with van der Waals surface area (Å²) in [6.07, 6.45) is -9.78. The van der Waals surface area contributed by atoms with Crippen LogP contribution in [0.3, 0.4) is 0 Å². The van der Waals surface area contributed by atoms with Gasteiger partial charge in [0, 0.05) is 5.57 Å². The highest BCUT2D eigenvalue weighted by Crippen LogP contribution is 2.58. The van der Waals surface area contributed by atoms with Gasteiger partial charge in [-0.3, -0.25) is 0 Å². The van der Waals surface area contributed by atoms with Crippen molar-refractivity contribution >= 4 is 5.97 Å². The fourth-order valence-corrected chi connectivity index (χ4v) is 1.86. The minimum absolute atomic E-state index is 0.0633. The van der Waals surface area contributed by atoms with Crippen LogP contribution >= 0.6 is 0 Å². The maximum atomic E-state index is 14.1. The second-order valence-corrected chi connectivity index (χ2v) is 5.43. The lowest BCUT2D eigenvalue weighted by Crippen LogP contribution is -2.78. The quantitative estimate of drug-likeness (QED) is 0.471. The Labute approximate surface area is 125 Å². The Morgan fingerprint density at radius 3 is 1.96 bits per heavy atom. The van der Waals surface area contributed by atoms with Gasteiger partial charge in [0.1, 0.15) is 0 Å². The van der Waals surface area contributed by atoms with Crippen LogP contribution in [-0.4, -0.2) is 46.6 Å². The number of halogens is 7. The smallest absolute Gasteiger partial charge is 0.423 e. The van der Waals surface area contributed by atoms with Crippen molar-refractivity contribution in [1.29, 1.82) is 0 Å². The van der Waals surface area contributed by atoms with Crippen LogP contribution in [-0.2, 0) is 14.3 Å². The number of hydrogen-bond acceptors (Lipinski definition) is 4.